The number of rotatable bonds is 1. The predicted octanol–water partition coefficient (Wildman–Crippen LogP) is 1.13. The van der Waals surface area contributed by atoms with Crippen molar-refractivity contribution in [3.8, 4) is 0 Å². The number of nitrogens with one attached hydrogen (secondary N) is 1. The Bertz CT molecular complexity index is 172. The van der Waals surface area contributed by atoms with Gasteiger partial charge in [0.1, 0.15) is 5.82 Å². The van der Waals surface area contributed by atoms with E-state index in [4.69, 9.17) is 0 Å². The van der Waals surface area contributed by atoms with Crippen molar-refractivity contribution in [2.45, 2.75) is 13.3 Å². The van der Waals surface area contributed by atoms with E-state index in [2.05, 4.69) is 31.1 Å². The standard InChI is InChI=1S/C4H6BrN3/c1-2-3-6-4(5)8-7-3/h2H2,1H3,(H,6,7,8). The summed E-state index contributed by atoms with van der Waals surface area (Å²) in [6, 6.07) is 0. The molecule has 0 fully saturated rings. The molecule has 8 heavy (non-hydrogen) atoms. The van der Waals surface area contributed by atoms with Crippen LogP contribution in [0, 0.1) is 0 Å². The minimum atomic E-state index is 0.634. The third kappa shape index (κ3) is 1.06. The zero-order valence-corrected chi connectivity index (χ0v) is 6.07. The number of H-pyrrole nitrogens is 1. The van der Waals surface area contributed by atoms with E-state index in [9.17, 15) is 0 Å². The van der Waals surface area contributed by atoms with Gasteiger partial charge in [-0.15, -0.1) is 5.10 Å². The van der Waals surface area contributed by atoms with Crippen LogP contribution in [0.2, 0.25) is 0 Å². The smallest absolute Gasteiger partial charge is 0.217 e. The van der Waals surface area contributed by atoms with E-state index in [1.54, 1.807) is 0 Å². The molecule has 1 rings (SSSR count). The number of halogens is 1. The molecule has 0 bridgehead atoms. The van der Waals surface area contributed by atoms with Crippen LogP contribution in [-0.4, -0.2) is 15.2 Å². The molecule has 1 N–H and O–H groups in total. The quantitative estimate of drug-likeness (QED) is 0.696. The third-order valence-electron chi connectivity index (χ3n) is 0.839. The van der Waals surface area contributed by atoms with Crippen LogP contribution in [0.5, 0.6) is 0 Å². The molecule has 3 nitrogen and oxygen atoms in total. The molecule has 0 aromatic carbocycles. The van der Waals surface area contributed by atoms with Crippen LogP contribution >= 0.6 is 15.9 Å². The molecule has 0 aliphatic heterocycles. The van der Waals surface area contributed by atoms with Gasteiger partial charge in [0.05, 0.1) is 0 Å². The molecule has 4 heteroatoms. The fourth-order valence-corrected chi connectivity index (χ4v) is 0.733. The molecule has 0 saturated carbocycles. The second kappa shape index (κ2) is 2.26. The SMILES string of the molecule is CCc1nc(Br)n[nH]1. The first-order valence-electron chi connectivity index (χ1n) is 2.39. The van der Waals surface area contributed by atoms with Crippen LogP contribution in [-0.2, 0) is 6.42 Å². The van der Waals surface area contributed by atoms with Crippen LogP contribution in [0.4, 0.5) is 0 Å². The van der Waals surface area contributed by atoms with Gasteiger partial charge in [0, 0.05) is 6.42 Å². The molecule has 0 aliphatic rings. The maximum absolute atomic E-state index is 3.98. The number of hydrogen-bond donors (Lipinski definition) is 1. The van der Waals surface area contributed by atoms with E-state index in [1.807, 2.05) is 6.92 Å². The highest BCUT2D eigenvalue weighted by atomic mass is 79.9. The van der Waals surface area contributed by atoms with Crippen LogP contribution in [0.15, 0.2) is 4.73 Å². The summed E-state index contributed by atoms with van der Waals surface area (Å²) in [7, 11) is 0. The topological polar surface area (TPSA) is 41.6 Å². The maximum Gasteiger partial charge on any atom is 0.217 e. The Kier molecular flexibility index (Phi) is 1.62. The van der Waals surface area contributed by atoms with E-state index in [-0.39, 0.29) is 0 Å². The summed E-state index contributed by atoms with van der Waals surface area (Å²) in [5.41, 5.74) is 0. The molecule has 44 valence electrons. The molecule has 1 aromatic rings. The molecule has 0 radical (unpaired) electrons. The lowest BCUT2D eigenvalue weighted by Crippen LogP contribution is -1.80. The summed E-state index contributed by atoms with van der Waals surface area (Å²) in [5.74, 6) is 0.914. The second-order valence-corrected chi connectivity index (χ2v) is 2.11. The van der Waals surface area contributed by atoms with E-state index < -0.39 is 0 Å². The highest BCUT2D eigenvalue weighted by molar-refractivity contribution is 9.10. The van der Waals surface area contributed by atoms with Crippen molar-refractivity contribution in [3.63, 3.8) is 0 Å². The Morgan fingerprint density at radius 3 is 2.75 bits per heavy atom. The molecule has 0 spiro atoms. The van der Waals surface area contributed by atoms with Crippen LogP contribution < -0.4 is 0 Å². The summed E-state index contributed by atoms with van der Waals surface area (Å²) in [6.45, 7) is 2.02. The summed E-state index contributed by atoms with van der Waals surface area (Å²) < 4.78 is 0.634. The molecule has 1 aromatic heterocycles. The van der Waals surface area contributed by atoms with Crippen molar-refractivity contribution >= 4 is 15.9 Å². The molecule has 0 amide bonds. The lowest BCUT2D eigenvalue weighted by atomic mass is 10.5. The number of aromatic nitrogens is 3. The Labute approximate surface area is 55.6 Å². The normalized spacial score (nSPS) is 9.75. The van der Waals surface area contributed by atoms with Crippen molar-refractivity contribution in [2.24, 2.45) is 0 Å². The Hall–Kier alpha value is -0.380. The van der Waals surface area contributed by atoms with Crippen molar-refractivity contribution < 1.29 is 0 Å². The lowest BCUT2D eigenvalue weighted by Gasteiger charge is -1.77. The van der Waals surface area contributed by atoms with E-state index in [0.29, 0.717) is 4.73 Å². The van der Waals surface area contributed by atoms with Gasteiger partial charge < -0.3 is 0 Å². The van der Waals surface area contributed by atoms with Crippen molar-refractivity contribution in [3.05, 3.63) is 10.6 Å². The maximum atomic E-state index is 3.98. The van der Waals surface area contributed by atoms with E-state index >= 15 is 0 Å². The molecular formula is C4H6BrN3. The minimum absolute atomic E-state index is 0.634. The van der Waals surface area contributed by atoms with Crippen LogP contribution in [0.3, 0.4) is 0 Å². The van der Waals surface area contributed by atoms with Gasteiger partial charge >= 0.3 is 0 Å². The average Bonchev–Trinajstić information content (AvgIpc) is 2.14. The average molecular weight is 176 g/mol. The van der Waals surface area contributed by atoms with Crippen molar-refractivity contribution in [1.29, 1.82) is 0 Å². The Morgan fingerprint density at radius 1 is 1.75 bits per heavy atom. The Morgan fingerprint density at radius 2 is 2.50 bits per heavy atom. The van der Waals surface area contributed by atoms with Crippen LogP contribution in [0.1, 0.15) is 12.7 Å². The zero-order valence-electron chi connectivity index (χ0n) is 4.48. The summed E-state index contributed by atoms with van der Waals surface area (Å²) in [6.07, 6.45) is 0.901. The van der Waals surface area contributed by atoms with Crippen molar-refractivity contribution in [1.82, 2.24) is 15.2 Å². The van der Waals surface area contributed by atoms with Gasteiger partial charge in [-0.1, -0.05) is 6.92 Å². The lowest BCUT2D eigenvalue weighted by molar-refractivity contribution is 0.946. The first kappa shape index (κ1) is 5.75. The Balaban J connectivity index is 2.84. The van der Waals surface area contributed by atoms with Gasteiger partial charge in [-0.05, 0) is 15.9 Å². The highest BCUT2D eigenvalue weighted by Gasteiger charge is 1.93. The first-order chi connectivity index (χ1) is 3.83. The second-order valence-electron chi connectivity index (χ2n) is 1.40. The fourth-order valence-electron chi connectivity index (χ4n) is 0.430. The monoisotopic (exact) mass is 175 g/mol. The molecule has 0 saturated heterocycles. The number of nitrogens with zero attached hydrogens (tertiary/aromatic N) is 2. The van der Waals surface area contributed by atoms with Gasteiger partial charge in [0.25, 0.3) is 0 Å². The number of hydrogen-bond acceptors (Lipinski definition) is 2. The van der Waals surface area contributed by atoms with Crippen LogP contribution in [0.25, 0.3) is 0 Å². The van der Waals surface area contributed by atoms with Gasteiger partial charge in [-0.2, -0.15) is 0 Å². The molecule has 1 heterocycles. The number of aryl methyl sites for hydroxylation is 1. The van der Waals surface area contributed by atoms with Gasteiger partial charge in [0.15, 0.2) is 0 Å². The summed E-state index contributed by atoms with van der Waals surface area (Å²) in [4.78, 5) is 3.98. The minimum Gasteiger partial charge on any atom is -0.262 e. The van der Waals surface area contributed by atoms with E-state index in [1.165, 1.54) is 0 Å². The largest absolute Gasteiger partial charge is 0.262 e. The van der Waals surface area contributed by atoms with Gasteiger partial charge in [-0.25, -0.2) is 4.98 Å². The van der Waals surface area contributed by atoms with Gasteiger partial charge in [0.2, 0.25) is 4.73 Å². The predicted molar refractivity (Wildman–Crippen MR) is 33.5 cm³/mol. The third-order valence-corrected chi connectivity index (χ3v) is 1.19. The number of aromatic amines is 1. The van der Waals surface area contributed by atoms with Gasteiger partial charge in [-0.3, -0.25) is 5.10 Å². The molecule has 0 aliphatic carbocycles. The van der Waals surface area contributed by atoms with Crippen molar-refractivity contribution in [2.75, 3.05) is 0 Å². The van der Waals surface area contributed by atoms with E-state index in [0.717, 1.165) is 12.2 Å². The molecule has 0 atom stereocenters. The fraction of sp³-hybridized carbons (Fsp3) is 0.500. The highest BCUT2D eigenvalue weighted by Crippen LogP contribution is 1.99. The zero-order chi connectivity index (χ0) is 5.98. The first-order valence-corrected chi connectivity index (χ1v) is 3.19. The molecular weight excluding hydrogens is 170 g/mol. The summed E-state index contributed by atoms with van der Waals surface area (Å²) >= 11 is 3.12. The summed E-state index contributed by atoms with van der Waals surface area (Å²) in [5, 5.41) is 6.52. The molecule has 0 unspecified atom stereocenters.